The second-order valence-corrected chi connectivity index (χ2v) is 6.93. The standard InChI is InChI=1S/C9H8O3S2/c1-3-13(10)14(11,12)9-6-4-8(2)5-7-9/h1,4-7H,2H3/t13-/m0/s1. The van der Waals surface area contributed by atoms with Gasteiger partial charge in [-0.3, -0.25) is 0 Å². The van der Waals surface area contributed by atoms with Gasteiger partial charge in [0.2, 0.25) is 9.83 Å². The van der Waals surface area contributed by atoms with E-state index in [2.05, 4.69) is 0 Å². The van der Waals surface area contributed by atoms with Gasteiger partial charge >= 0.3 is 0 Å². The minimum atomic E-state index is -3.87. The fraction of sp³-hybridized carbons (Fsp3) is 0.111. The van der Waals surface area contributed by atoms with Gasteiger partial charge in [-0.2, -0.15) is 0 Å². The monoisotopic (exact) mass is 228 g/mol. The van der Waals surface area contributed by atoms with Crippen molar-refractivity contribution in [3.05, 3.63) is 29.8 Å². The van der Waals surface area contributed by atoms with E-state index in [1.165, 1.54) is 12.1 Å². The summed E-state index contributed by atoms with van der Waals surface area (Å²) >= 11 is 0. The van der Waals surface area contributed by atoms with Crippen molar-refractivity contribution in [2.45, 2.75) is 11.8 Å². The van der Waals surface area contributed by atoms with Gasteiger partial charge in [-0.05, 0) is 19.1 Å². The molecule has 0 aromatic heterocycles. The van der Waals surface area contributed by atoms with Crippen molar-refractivity contribution in [2.75, 3.05) is 0 Å². The van der Waals surface area contributed by atoms with Crippen LogP contribution in [0.4, 0.5) is 0 Å². The average Bonchev–Trinajstić information content (AvgIpc) is 2.17. The zero-order chi connectivity index (χ0) is 10.8. The van der Waals surface area contributed by atoms with Crippen LogP contribution in [-0.2, 0) is 18.7 Å². The van der Waals surface area contributed by atoms with Crippen LogP contribution in [0.2, 0.25) is 0 Å². The molecule has 0 saturated heterocycles. The quantitative estimate of drug-likeness (QED) is 0.561. The molecule has 0 fully saturated rings. The highest BCUT2D eigenvalue weighted by atomic mass is 33.2. The molecule has 14 heavy (non-hydrogen) atoms. The Morgan fingerprint density at radius 2 is 1.79 bits per heavy atom. The van der Waals surface area contributed by atoms with Gasteiger partial charge in [-0.15, -0.1) is 6.42 Å². The Morgan fingerprint density at radius 1 is 1.29 bits per heavy atom. The Bertz CT molecular complexity index is 492. The Morgan fingerprint density at radius 3 is 2.21 bits per heavy atom. The second kappa shape index (κ2) is 3.95. The number of aryl methyl sites for hydroxylation is 1. The van der Waals surface area contributed by atoms with E-state index in [9.17, 15) is 12.6 Å². The first kappa shape index (κ1) is 11.0. The van der Waals surface area contributed by atoms with Gasteiger partial charge in [-0.1, -0.05) is 17.7 Å². The smallest absolute Gasteiger partial charge is 0.229 e. The van der Waals surface area contributed by atoms with Crippen molar-refractivity contribution >= 4 is 18.7 Å². The molecular formula is C9H8O3S2. The molecule has 0 aliphatic rings. The fourth-order valence-electron chi connectivity index (χ4n) is 0.856. The van der Waals surface area contributed by atoms with Crippen LogP contribution in [0.25, 0.3) is 0 Å². The van der Waals surface area contributed by atoms with E-state index < -0.39 is 18.7 Å². The number of rotatable bonds is 2. The Balaban J connectivity index is 3.26. The molecule has 0 radical (unpaired) electrons. The summed E-state index contributed by atoms with van der Waals surface area (Å²) in [4.78, 5) is -0.0145. The first-order valence-corrected chi connectivity index (χ1v) is 6.83. The lowest BCUT2D eigenvalue weighted by molar-refractivity contribution is 0.606. The Labute approximate surface area is 84.9 Å². The van der Waals surface area contributed by atoms with Crippen LogP contribution in [0, 0.1) is 18.6 Å². The summed E-state index contributed by atoms with van der Waals surface area (Å²) in [6, 6.07) is 6.03. The SMILES string of the molecule is C#C[S@@](=O)S(=O)(=O)c1ccc(C)cc1. The molecule has 0 amide bonds. The molecule has 1 atom stereocenters. The van der Waals surface area contributed by atoms with E-state index in [1.807, 2.05) is 6.92 Å². The van der Waals surface area contributed by atoms with E-state index in [1.54, 1.807) is 17.4 Å². The zero-order valence-electron chi connectivity index (χ0n) is 7.43. The lowest BCUT2D eigenvalue weighted by Crippen LogP contribution is -2.06. The number of hydrogen-bond acceptors (Lipinski definition) is 3. The summed E-state index contributed by atoms with van der Waals surface area (Å²) in [5, 5.41) is 1.70. The summed E-state index contributed by atoms with van der Waals surface area (Å²) in [6.45, 7) is 1.83. The van der Waals surface area contributed by atoms with Crippen LogP contribution < -0.4 is 0 Å². The summed E-state index contributed by atoms with van der Waals surface area (Å²) < 4.78 is 33.9. The van der Waals surface area contributed by atoms with Gasteiger partial charge in [0.1, 0.15) is 0 Å². The van der Waals surface area contributed by atoms with Crippen molar-refractivity contribution in [1.82, 2.24) is 0 Å². The summed E-state index contributed by atoms with van der Waals surface area (Å²) in [6.07, 6.45) is 4.80. The Kier molecular flexibility index (Phi) is 3.09. The molecule has 0 aliphatic heterocycles. The van der Waals surface area contributed by atoms with Gasteiger partial charge in [0.25, 0.3) is 8.87 Å². The van der Waals surface area contributed by atoms with E-state index in [0.717, 1.165) is 5.56 Å². The van der Waals surface area contributed by atoms with Gasteiger partial charge in [-0.25, -0.2) is 12.6 Å². The molecule has 0 N–H and O–H groups in total. The lowest BCUT2D eigenvalue weighted by atomic mass is 10.2. The van der Waals surface area contributed by atoms with E-state index in [-0.39, 0.29) is 4.90 Å². The van der Waals surface area contributed by atoms with Crippen LogP contribution >= 0.6 is 0 Å². The highest BCUT2D eigenvalue weighted by Crippen LogP contribution is 2.14. The predicted octanol–water partition coefficient (Wildman–Crippen LogP) is 1.02. The molecule has 0 spiro atoms. The average molecular weight is 228 g/mol. The van der Waals surface area contributed by atoms with Crippen LogP contribution in [0.15, 0.2) is 29.2 Å². The normalized spacial score (nSPS) is 13.1. The minimum Gasteiger partial charge on any atom is -0.229 e. The molecule has 1 aromatic rings. The summed E-state index contributed by atoms with van der Waals surface area (Å²) in [7, 11) is -6.16. The number of hydrogen-bond donors (Lipinski definition) is 0. The van der Waals surface area contributed by atoms with Crippen LogP contribution in [0.1, 0.15) is 5.56 Å². The van der Waals surface area contributed by atoms with E-state index in [0.29, 0.717) is 0 Å². The molecule has 0 saturated carbocycles. The topological polar surface area (TPSA) is 51.2 Å². The highest BCUT2D eigenvalue weighted by molar-refractivity contribution is 8.66. The van der Waals surface area contributed by atoms with Crippen LogP contribution in [-0.4, -0.2) is 12.6 Å². The molecule has 1 aromatic carbocycles. The molecule has 3 nitrogen and oxygen atoms in total. The van der Waals surface area contributed by atoms with Crippen molar-refractivity contribution in [3.63, 3.8) is 0 Å². The van der Waals surface area contributed by atoms with Gasteiger partial charge in [0, 0.05) is 5.25 Å². The predicted molar refractivity (Wildman–Crippen MR) is 55.3 cm³/mol. The third-order valence-corrected chi connectivity index (χ3v) is 5.11. The largest absolute Gasteiger partial charge is 0.269 e. The molecule has 74 valence electrons. The molecular weight excluding hydrogens is 220 g/mol. The molecule has 0 unspecified atom stereocenters. The van der Waals surface area contributed by atoms with Crippen LogP contribution in [0.3, 0.4) is 0 Å². The van der Waals surface area contributed by atoms with Crippen molar-refractivity contribution in [1.29, 1.82) is 0 Å². The maximum absolute atomic E-state index is 11.4. The molecule has 0 heterocycles. The second-order valence-electron chi connectivity index (χ2n) is 2.62. The Hall–Kier alpha value is -1.12. The first-order chi connectivity index (χ1) is 6.48. The van der Waals surface area contributed by atoms with Gasteiger partial charge in [0.05, 0.1) is 4.90 Å². The zero-order valence-corrected chi connectivity index (χ0v) is 9.06. The number of terminal acetylenes is 1. The van der Waals surface area contributed by atoms with Crippen LogP contribution in [0.5, 0.6) is 0 Å². The molecule has 0 bridgehead atoms. The lowest BCUT2D eigenvalue weighted by Gasteiger charge is -1.99. The van der Waals surface area contributed by atoms with Gasteiger partial charge in [0.15, 0.2) is 0 Å². The maximum Gasteiger partial charge on any atom is 0.269 e. The maximum atomic E-state index is 11.4. The minimum absolute atomic E-state index is 0.0145. The fourth-order valence-corrected chi connectivity index (χ4v) is 2.86. The van der Waals surface area contributed by atoms with Crippen molar-refractivity contribution in [3.8, 4) is 11.7 Å². The number of benzene rings is 1. The van der Waals surface area contributed by atoms with E-state index in [4.69, 9.17) is 6.42 Å². The van der Waals surface area contributed by atoms with Gasteiger partial charge < -0.3 is 0 Å². The van der Waals surface area contributed by atoms with Crippen molar-refractivity contribution in [2.24, 2.45) is 0 Å². The summed E-state index contributed by atoms with van der Waals surface area (Å²) in [5.41, 5.74) is 0.926. The molecule has 0 aliphatic carbocycles. The molecule has 5 heteroatoms. The summed E-state index contributed by atoms with van der Waals surface area (Å²) in [5.74, 6) is 0. The van der Waals surface area contributed by atoms with Crippen molar-refractivity contribution < 1.29 is 12.6 Å². The third kappa shape index (κ3) is 2.03. The first-order valence-electron chi connectivity index (χ1n) is 3.68. The van der Waals surface area contributed by atoms with E-state index >= 15 is 0 Å². The molecule has 1 rings (SSSR count). The third-order valence-electron chi connectivity index (χ3n) is 1.61. The highest BCUT2D eigenvalue weighted by Gasteiger charge is 2.20.